The summed E-state index contributed by atoms with van der Waals surface area (Å²) in [6.07, 6.45) is 0. The molecule has 2 nitrogen and oxygen atoms in total. The van der Waals surface area contributed by atoms with Gasteiger partial charge in [-0.25, -0.2) is 0 Å². The Kier molecular flexibility index (Phi) is 3.38. The van der Waals surface area contributed by atoms with Gasteiger partial charge in [0.2, 0.25) is 11.6 Å². The van der Waals surface area contributed by atoms with Crippen LogP contribution in [0.2, 0.25) is 10.0 Å². The Morgan fingerprint density at radius 2 is 1.09 bits per heavy atom. The van der Waals surface area contributed by atoms with Crippen LogP contribution in [0.1, 0.15) is 20.7 Å². The summed E-state index contributed by atoms with van der Waals surface area (Å²) in [5.74, 6) is -0.238. The van der Waals surface area contributed by atoms with Gasteiger partial charge in [-0.2, -0.15) is 0 Å². The third-order valence-corrected chi connectivity index (χ3v) is 6.32. The van der Waals surface area contributed by atoms with Crippen LogP contribution in [0, 0.1) is 0 Å². The summed E-state index contributed by atoms with van der Waals surface area (Å²) in [4.78, 5) is 27.6. The Hall–Kier alpha value is -1.20. The highest BCUT2D eigenvalue weighted by molar-refractivity contribution is 8.08. The number of hydrogen-bond acceptors (Lipinski definition) is 4. The van der Waals surface area contributed by atoms with Gasteiger partial charge in [0, 0.05) is 31.0 Å². The Morgan fingerprint density at radius 1 is 0.682 bits per heavy atom. The number of allylic oxidation sites excluding steroid dienone is 2. The van der Waals surface area contributed by atoms with Gasteiger partial charge in [0.25, 0.3) is 0 Å². The fourth-order valence-electron chi connectivity index (χ4n) is 2.39. The van der Waals surface area contributed by atoms with Gasteiger partial charge in [0.1, 0.15) is 0 Å². The summed E-state index contributed by atoms with van der Waals surface area (Å²) < 4.78 is 0. The van der Waals surface area contributed by atoms with Crippen molar-refractivity contribution in [3.63, 3.8) is 0 Å². The molecule has 6 heteroatoms. The molecular formula is C16H6Cl2O2S2. The molecule has 2 heterocycles. The van der Waals surface area contributed by atoms with Gasteiger partial charge in [0.05, 0.1) is 9.81 Å². The molecule has 2 aromatic rings. The van der Waals surface area contributed by atoms with Crippen molar-refractivity contribution in [3.05, 3.63) is 67.4 Å². The molecule has 108 valence electrons. The molecule has 0 aromatic heterocycles. The lowest BCUT2D eigenvalue weighted by molar-refractivity contribution is 0.101. The van der Waals surface area contributed by atoms with Gasteiger partial charge in [0.15, 0.2) is 0 Å². The molecule has 0 N–H and O–H groups in total. The van der Waals surface area contributed by atoms with Crippen molar-refractivity contribution in [2.24, 2.45) is 0 Å². The molecular weight excluding hydrogens is 359 g/mol. The molecule has 4 rings (SSSR count). The monoisotopic (exact) mass is 364 g/mol. The minimum atomic E-state index is -0.119. The van der Waals surface area contributed by atoms with E-state index in [0.29, 0.717) is 31.0 Å². The van der Waals surface area contributed by atoms with Gasteiger partial charge in [-0.3, -0.25) is 9.59 Å². The van der Waals surface area contributed by atoms with Crippen molar-refractivity contribution in [1.82, 2.24) is 0 Å². The topological polar surface area (TPSA) is 34.1 Å². The Balaban J connectivity index is 1.82. The number of carbonyl (C=O) groups excluding carboxylic acids is 2. The highest BCUT2D eigenvalue weighted by Crippen LogP contribution is 2.50. The summed E-state index contributed by atoms with van der Waals surface area (Å²) in [6.45, 7) is 0. The Bertz CT molecular complexity index is 830. The predicted octanol–water partition coefficient (Wildman–Crippen LogP) is 5.48. The van der Waals surface area contributed by atoms with Crippen LogP contribution in [-0.2, 0) is 0 Å². The van der Waals surface area contributed by atoms with Crippen LogP contribution in [0.15, 0.2) is 56.0 Å². The van der Waals surface area contributed by atoms with E-state index in [1.165, 1.54) is 23.5 Å². The number of ketones is 2. The standard InChI is InChI=1S/C16H6Cl2O2S2/c17-7-1-3-9-11(5-7)21-15(13(9)19)16-14(20)10-4-2-8(18)6-12(10)22-16/h1-6H. The van der Waals surface area contributed by atoms with Gasteiger partial charge in [-0.1, -0.05) is 46.7 Å². The van der Waals surface area contributed by atoms with Gasteiger partial charge in [-0.15, -0.1) is 0 Å². The smallest absolute Gasteiger partial charge is 0.202 e. The number of fused-ring (bicyclic) bond motifs is 2. The zero-order chi connectivity index (χ0) is 15.4. The molecule has 0 saturated heterocycles. The van der Waals surface area contributed by atoms with Crippen LogP contribution in [0.25, 0.3) is 0 Å². The van der Waals surface area contributed by atoms with E-state index in [2.05, 4.69) is 0 Å². The van der Waals surface area contributed by atoms with E-state index in [0.717, 1.165) is 9.79 Å². The van der Waals surface area contributed by atoms with Gasteiger partial charge in [-0.05, 0) is 36.4 Å². The largest absolute Gasteiger partial charge is 0.288 e. The maximum Gasteiger partial charge on any atom is 0.202 e. The van der Waals surface area contributed by atoms with Crippen LogP contribution in [-0.4, -0.2) is 11.6 Å². The Labute approximate surface area is 144 Å². The second kappa shape index (κ2) is 5.17. The van der Waals surface area contributed by atoms with Gasteiger partial charge >= 0.3 is 0 Å². The first kappa shape index (κ1) is 14.4. The molecule has 0 amide bonds. The number of hydrogen-bond donors (Lipinski definition) is 0. The van der Waals surface area contributed by atoms with E-state index in [-0.39, 0.29) is 11.6 Å². The predicted molar refractivity (Wildman–Crippen MR) is 90.3 cm³/mol. The van der Waals surface area contributed by atoms with Crippen LogP contribution in [0.3, 0.4) is 0 Å². The lowest BCUT2D eigenvalue weighted by Crippen LogP contribution is -2.01. The van der Waals surface area contributed by atoms with E-state index >= 15 is 0 Å². The fraction of sp³-hybridized carbons (Fsp3) is 0. The maximum absolute atomic E-state index is 12.5. The highest BCUT2D eigenvalue weighted by Gasteiger charge is 2.36. The zero-order valence-electron chi connectivity index (χ0n) is 10.9. The minimum absolute atomic E-state index is 0.119. The molecule has 2 aliphatic rings. The third-order valence-electron chi connectivity index (χ3n) is 3.42. The molecule has 0 spiro atoms. The molecule has 0 saturated carbocycles. The van der Waals surface area contributed by atoms with Crippen molar-refractivity contribution in [2.75, 3.05) is 0 Å². The first-order valence-electron chi connectivity index (χ1n) is 6.33. The quantitative estimate of drug-likeness (QED) is 0.579. The van der Waals surface area contributed by atoms with Crippen molar-refractivity contribution in [2.45, 2.75) is 9.79 Å². The molecule has 0 atom stereocenters. The van der Waals surface area contributed by atoms with E-state index in [4.69, 9.17) is 23.2 Å². The third kappa shape index (κ3) is 2.14. The highest BCUT2D eigenvalue weighted by atomic mass is 35.5. The summed E-state index contributed by atoms with van der Waals surface area (Å²) >= 11 is 14.6. The zero-order valence-corrected chi connectivity index (χ0v) is 14.0. The van der Waals surface area contributed by atoms with Crippen molar-refractivity contribution in [1.29, 1.82) is 0 Å². The van der Waals surface area contributed by atoms with E-state index in [9.17, 15) is 9.59 Å². The molecule has 0 bridgehead atoms. The SMILES string of the molecule is O=C1C(=C2Sc3cc(Cl)ccc3C2=O)Sc2cc(Cl)ccc21. The molecule has 2 aliphatic heterocycles. The van der Waals surface area contributed by atoms with Crippen LogP contribution < -0.4 is 0 Å². The van der Waals surface area contributed by atoms with Gasteiger partial charge < -0.3 is 0 Å². The molecule has 0 unspecified atom stereocenters. The molecule has 2 aromatic carbocycles. The van der Waals surface area contributed by atoms with Crippen LogP contribution >= 0.6 is 46.7 Å². The number of benzene rings is 2. The lowest BCUT2D eigenvalue weighted by Gasteiger charge is -1.98. The van der Waals surface area contributed by atoms with Crippen molar-refractivity contribution >= 4 is 58.3 Å². The second-order valence-electron chi connectivity index (χ2n) is 4.80. The lowest BCUT2D eigenvalue weighted by atomic mass is 10.1. The maximum atomic E-state index is 12.5. The molecule has 22 heavy (non-hydrogen) atoms. The first-order chi connectivity index (χ1) is 10.5. The normalized spacial score (nSPS) is 19.5. The van der Waals surface area contributed by atoms with E-state index in [1.807, 2.05) is 0 Å². The molecule has 0 fully saturated rings. The summed E-state index contributed by atoms with van der Waals surface area (Å²) in [7, 11) is 0. The number of carbonyl (C=O) groups is 2. The fourth-order valence-corrected chi connectivity index (χ4v) is 5.25. The van der Waals surface area contributed by atoms with E-state index < -0.39 is 0 Å². The number of rotatable bonds is 0. The molecule has 0 radical (unpaired) electrons. The van der Waals surface area contributed by atoms with E-state index in [1.54, 1.807) is 36.4 Å². The summed E-state index contributed by atoms with van der Waals surface area (Å²) in [5, 5.41) is 1.15. The Morgan fingerprint density at radius 3 is 1.50 bits per heavy atom. The number of thioether (sulfide) groups is 2. The van der Waals surface area contributed by atoms with Crippen molar-refractivity contribution < 1.29 is 9.59 Å². The second-order valence-corrected chi connectivity index (χ2v) is 7.78. The van der Waals surface area contributed by atoms with Crippen LogP contribution in [0.4, 0.5) is 0 Å². The first-order valence-corrected chi connectivity index (χ1v) is 8.72. The summed E-state index contributed by atoms with van der Waals surface area (Å²) in [6, 6.07) is 10.3. The number of Topliss-reactive ketones (excluding diaryl/α,β-unsaturated/α-hetero) is 2. The average molecular weight is 365 g/mol. The average Bonchev–Trinajstić information content (AvgIpc) is 2.96. The minimum Gasteiger partial charge on any atom is -0.288 e. The molecule has 0 aliphatic carbocycles. The summed E-state index contributed by atoms with van der Waals surface area (Å²) in [5.41, 5.74) is 1.19. The number of halogens is 2. The van der Waals surface area contributed by atoms with Crippen molar-refractivity contribution in [3.8, 4) is 0 Å². The van der Waals surface area contributed by atoms with Crippen LogP contribution in [0.5, 0.6) is 0 Å².